The van der Waals surface area contributed by atoms with Crippen molar-refractivity contribution in [3.63, 3.8) is 0 Å². The van der Waals surface area contributed by atoms with E-state index in [0.717, 1.165) is 28.2 Å². The third kappa shape index (κ3) is 2.38. The van der Waals surface area contributed by atoms with Gasteiger partial charge in [-0.25, -0.2) is 0 Å². The summed E-state index contributed by atoms with van der Waals surface area (Å²) >= 11 is 0. The van der Waals surface area contributed by atoms with E-state index in [1.165, 1.54) is 0 Å². The highest BCUT2D eigenvalue weighted by atomic mass is 16.3. The number of anilines is 2. The Balaban J connectivity index is 1.92. The zero-order chi connectivity index (χ0) is 13.9. The standard InChI is InChI=1S/C17H16N2O/c1-12-7-8-14(11-16(12)20)19-15-9-10-18-17(15)13-5-3-2-4-6-13/h2-11,18-20H,1H3. The summed E-state index contributed by atoms with van der Waals surface area (Å²) in [5, 5.41) is 13.1. The molecule has 0 aliphatic heterocycles. The second-order valence-electron chi connectivity index (χ2n) is 4.76. The molecular formula is C17H16N2O. The van der Waals surface area contributed by atoms with E-state index >= 15 is 0 Å². The highest BCUT2D eigenvalue weighted by molar-refractivity contribution is 5.78. The van der Waals surface area contributed by atoms with Gasteiger partial charge in [0.05, 0.1) is 11.4 Å². The fourth-order valence-corrected chi connectivity index (χ4v) is 2.16. The van der Waals surface area contributed by atoms with Gasteiger partial charge in [0.1, 0.15) is 5.75 Å². The van der Waals surface area contributed by atoms with Crippen LogP contribution in [0.5, 0.6) is 5.75 Å². The van der Waals surface area contributed by atoms with Crippen LogP contribution in [0, 0.1) is 6.92 Å². The molecule has 1 aromatic heterocycles. The van der Waals surface area contributed by atoms with Crippen molar-refractivity contribution in [3.05, 3.63) is 66.4 Å². The van der Waals surface area contributed by atoms with Gasteiger partial charge in [-0.2, -0.15) is 0 Å². The van der Waals surface area contributed by atoms with Crippen LogP contribution in [0.3, 0.4) is 0 Å². The maximum Gasteiger partial charge on any atom is 0.120 e. The summed E-state index contributed by atoms with van der Waals surface area (Å²) in [4.78, 5) is 3.24. The molecule has 0 bridgehead atoms. The van der Waals surface area contributed by atoms with Gasteiger partial charge in [0.2, 0.25) is 0 Å². The monoisotopic (exact) mass is 264 g/mol. The van der Waals surface area contributed by atoms with Gasteiger partial charge < -0.3 is 15.4 Å². The Morgan fingerprint density at radius 1 is 1.00 bits per heavy atom. The molecule has 3 rings (SSSR count). The number of benzene rings is 2. The Labute approximate surface area is 117 Å². The van der Waals surface area contributed by atoms with Crippen LogP contribution in [0.15, 0.2) is 60.8 Å². The van der Waals surface area contributed by atoms with Crippen molar-refractivity contribution < 1.29 is 5.11 Å². The minimum atomic E-state index is 0.298. The number of H-pyrrole nitrogens is 1. The van der Waals surface area contributed by atoms with E-state index in [4.69, 9.17) is 0 Å². The molecule has 20 heavy (non-hydrogen) atoms. The second-order valence-corrected chi connectivity index (χ2v) is 4.76. The Kier molecular flexibility index (Phi) is 3.17. The molecule has 3 aromatic rings. The Morgan fingerprint density at radius 3 is 2.55 bits per heavy atom. The van der Waals surface area contributed by atoms with Crippen molar-refractivity contribution >= 4 is 11.4 Å². The van der Waals surface area contributed by atoms with Crippen LogP contribution in [0.4, 0.5) is 11.4 Å². The molecule has 0 fully saturated rings. The largest absolute Gasteiger partial charge is 0.508 e. The van der Waals surface area contributed by atoms with Crippen LogP contribution in [0.2, 0.25) is 0 Å². The predicted molar refractivity (Wildman–Crippen MR) is 82.4 cm³/mol. The van der Waals surface area contributed by atoms with Crippen LogP contribution < -0.4 is 5.32 Å². The summed E-state index contributed by atoms with van der Waals surface area (Å²) in [5.74, 6) is 0.298. The lowest BCUT2D eigenvalue weighted by Crippen LogP contribution is -1.91. The van der Waals surface area contributed by atoms with Gasteiger partial charge in [0, 0.05) is 23.5 Å². The van der Waals surface area contributed by atoms with E-state index in [2.05, 4.69) is 22.4 Å². The number of aryl methyl sites for hydroxylation is 1. The molecule has 100 valence electrons. The Hall–Kier alpha value is -2.68. The van der Waals surface area contributed by atoms with Gasteiger partial charge in [-0.05, 0) is 24.6 Å². The first kappa shape index (κ1) is 12.4. The molecule has 2 aromatic carbocycles. The Morgan fingerprint density at radius 2 is 1.80 bits per heavy atom. The van der Waals surface area contributed by atoms with Crippen molar-refractivity contribution in [1.82, 2.24) is 4.98 Å². The summed E-state index contributed by atoms with van der Waals surface area (Å²) in [6.45, 7) is 1.88. The lowest BCUT2D eigenvalue weighted by Gasteiger charge is -2.09. The van der Waals surface area contributed by atoms with E-state index in [1.54, 1.807) is 6.07 Å². The topological polar surface area (TPSA) is 48.0 Å². The maximum absolute atomic E-state index is 9.77. The van der Waals surface area contributed by atoms with Crippen LogP contribution >= 0.6 is 0 Å². The minimum absolute atomic E-state index is 0.298. The number of aromatic hydroxyl groups is 1. The van der Waals surface area contributed by atoms with Gasteiger partial charge in [0.15, 0.2) is 0 Å². The summed E-state index contributed by atoms with van der Waals surface area (Å²) in [7, 11) is 0. The number of aromatic amines is 1. The van der Waals surface area contributed by atoms with Gasteiger partial charge >= 0.3 is 0 Å². The fourth-order valence-electron chi connectivity index (χ4n) is 2.16. The zero-order valence-corrected chi connectivity index (χ0v) is 11.2. The predicted octanol–water partition coefficient (Wildman–Crippen LogP) is 4.44. The number of aromatic nitrogens is 1. The van der Waals surface area contributed by atoms with Crippen LogP contribution in [0.25, 0.3) is 11.3 Å². The lowest BCUT2D eigenvalue weighted by atomic mass is 10.1. The van der Waals surface area contributed by atoms with Gasteiger partial charge in [-0.3, -0.25) is 0 Å². The molecular weight excluding hydrogens is 248 g/mol. The van der Waals surface area contributed by atoms with E-state index < -0.39 is 0 Å². The molecule has 3 heteroatoms. The summed E-state index contributed by atoms with van der Waals surface area (Å²) < 4.78 is 0. The average molecular weight is 264 g/mol. The normalized spacial score (nSPS) is 10.4. The van der Waals surface area contributed by atoms with Crippen LogP contribution in [0.1, 0.15) is 5.56 Å². The van der Waals surface area contributed by atoms with Crippen molar-refractivity contribution in [3.8, 4) is 17.0 Å². The quantitative estimate of drug-likeness (QED) is 0.655. The molecule has 0 aliphatic rings. The summed E-state index contributed by atoms with van der Waals surface area (Å²) in [5.41, 5.74) is 4.87. The van der Waals surface area contributed by atoms with Crippen molar-refractivity contribution in [2.45, 2.75) is 6.92 Å². The summed E-state index contributed by atoms with van der Waals surface area (Å²) in [6, 6.07) is 17.7. The molecule has 3 nitrogen and oxygen atoms in total. The number of hydrogen-bond donors (Lipinski definition) is 3. The minimum Gasteiger partial charge on any atom is -0.508 e. The number of phenols is 1. The Bertz CT molecular complexity index is 717. The first-order valence-corrected chi connectivity index (χ1v) is 6.53. The van der Waals surface area contributed by atoms with Crippen molar-refractivity contribution in [2.75, 3.05) is 5.32 Å². The molecule has 0 spiro atoms. The highest BCUT2D eigenvalue weighted by Gasteiger charge is 2.07. The lowest BCUT2D eigenvalue weighted by molar-refractivity contribution is 0.471. The molecule has 0 amide bonds. The number of hydrogen-bond acceptors (Lipinski definition) is 2. The first-order chi connectivity index (χ1) is 9.74. The second kappa shape index (κ2) is 5.13. The molecule has 0 saturated heterocycles. The smallest absolute Gasteiger partial charge is 0.120 e. The SMILES string of the molecule is Cc1ccc(Nc2cc[nH]c2-c2ccccc2)cc1O. The third-order valence-corrected chi connectivity index (χ3v) is 3.30. The average Bonchev–Trinajstić information content (AvgIpc) is 2.92. The molecule has 0 saturated carbocycles. The number of nitrogens with one attached hydrogen (secondary N) is 2. The van der Waals surface area contributed by atoms with Crippen molar-refractivity contribution in [2.24, 2.45) is 0 Å². The van der Waals surface area contributed by atoms with Gasteiger partial charge in [-0.1, -0.05) is 36.4 Å². The number of phenolic OH excluding ortho intramolecular Hbond substituents is 1. The third-order valence-electron chi connectivity index (χ3n) is 3.30. The van der Waals surface area contributed by atoms with Crippen LogP contribution in [-0.2, 0) is 0 Å². The zero-order valence-electron chi connectivity index (χ0n) is 11.2. The summed E-state index contributed by atoms with van der Waals surface area (Å²) in [6.07, 6.45) is 1.90. The van der Waals surface area contributed by atoms with E-state index in [9.17, 15) is 5.11 Å². The molecule has 0 atom stereocenters. The van der Waals surface area contributed by atoms with Gasteiger partial charge in [0.25, 0.3) is 0 Å². The molecule has 1 heterocycles. The highest BCUT2D eigenvalue weighted by Crippen LogP contribution is 2.30. The maximum atomic E-state index is 9.77. The molecule has 0 aliphatic carbocycles. The van der Waals surface area contributed by atoms with E-state index in [1.807, 2.05) is 49.5 Å². The number of rotatable bonds is 3. The van der Waals surface area contributed by atoms with Crippen molar-refractivity contribution in [1.29, 1.82) is 0 Å². The first-order valence-electron chi connectivity index (χ1n) is 6.53. The molecule has 0 radical (unpaired) electrons. The fraction of sp³-hybridized carbons (Fsp3) is 0.0588. The van der Waals surface area contributed by atoms with E-state index in [0.29, 0.717) is 5.75 Å². The van der Waals surface area contributed by atoms with Crippen LogP contribution in [-0.4, -0.2) is 10.1 Å². The molecule has 0 unspecified atom stereocenters. The van der Waals surface area contributed by atoms with E-state index in [-0.39, 0.29) is 0 Å². The van der Waals surface area contributed by atoms with Gasteiger partial charge in [-0.15, -0.1) is 0 Å². The molecule has 3 N–H and O–H groups in total.